The van der Waals surface area contributed by atoms with Gasteiger partial charge in [0.15, 0.2) is 5.78 Å². The number of aryl methyl sites for hydroxylation is 2. The fourth-order valence-corrected chi connectivity index (χ4v) is 4.11. The maximum atomic E-state index is 15.0. The van der Waals surface area contributed by atoms with E-state index in [4.69, 9.17) is 4.74 Å². The summed E-state index contributed by atoms with van der Waals surface area (Å²) in [4.78, 5) is 48.4. The van der Waals surface area contributed by atoms with Crippen molar-refractivity contribution in [2.24, 2.45) is 7.05 Å². The number of carbonyl (C=O) groups excluding carboxylic acids is 3. The van der Waals surface area contributed by atoms with Crippen molar-refractivity contribution >= 4 is 29.5 Å². The van der Waals surface area contributed by atoms with E-state index in [0.717, 1.165) is 11.1 Å². The Morgan fingerprint density at radius 3 is 2.55 bits per heavy atom. The average molecular weight is 518 g/mol. The van der Waals surface area contributed by atoms with Crippen LogP contribution in [0.5, 0.6) is 0 Å². The van der Waals surface area contributed by atoms with E-state index in [1.165, 1.54) is 34.6 Å². The van der Waals surface area contributed by atoms with Crippen molar-refractivity contribution in [3.8, 4) is 11.1 Å². The van der Waals surface area contributed by atoms with Gasteiger partial charge in [-0.05, 0) is 59.5 Å². The number of cyclic esters (lactones) is 1. The molecule has 3 aromatic rings. The predicted octanol–water partition coefficient (Wildman–Crippen LogP) is 3.87. The Labute approximate surface area is 219 Å². The van der Waals surface area contributed by atoms with Crippen LogP contribution in [-0.4, -0.2) is 41.5 Å². The Kier molecular flexibility index (Phi) is 8.15. The second kappa shape index (κ2) is 11.7. The summed E-state index contributed by atoms with van der Waals surface area (Å²) < 4.78 is 21.7. The number of amides is 2. The maximum absolute atomic E-state index is 15.0. The Hall–Kier alpha value is -4.53. The highest BCUT2D eigenvalue weighted by atomic mass is 19.1. The summed E-state index contributed by atoms with van der Waals surface area (Å²) in [5.41, 5.74) is 3.04. The Morgan fingerprint density at radius 2 is 1.87 bits per heavy atom. The topological polar surface area (TPSA) is 97.7 Å². The van der Waals surface area contributed by atoms with Crippen LogP contribution in [0.1, 0.15) is 24.5 Å². The van der Waals surface area contributed by atoms with Gasteiger partial charge in [0.1, 0.15) is 11.9 Å². The highest BCUT2D eigenvalue weighted by molar-refractivity contribution is 5.93. The molecular formula is C29H28FN3O5. The number of hydrogen-bond donors (Lipinski definition) is 1. The minimum atomic E-state index is -0.587. The summed E-state index contributed by atoms with van der Waals surface area (Å²) in [7, 11) is 1.65. The molecule has 2 aromatic carbocycles. The number of rotatable bonds is 9. The Morgan fingerprint density at radius 1 is 1.11 bits per heavy atom. The molecule has 2 heterocycles. The minimum absolute atomic E-state index is 0.0377. The molecule has 38 heavy (non-hydrogen) atoms. The second-order valence-corrected chi connectivity index (χ2v) is 9.13. The van der Waals surface area contributed by atoms with Crippen molar-refractivity contribution < 1.29 is 23.5 Å². The average Bonchev–Trinajstić information content (AvgIpc) is 3.27. The first-order valence-corrected chi connectivity index (χ1v) is 12.2. The first-order chi connectivity index (χ1) is 18.2. The lowest BCUT2D eigenvalue weighted by atomic mass is 10.0. The molecule has 0 spiro atoms. The van der Waals surface area contributed by atoms with Crippen molar-refractivity contribution in [1.29, 1.82) is 0 Å². The lowest BCUT2D eigenvalue weighted by molar-refractivity contribution is -0.119. The van der Waals surface area contributed by atoms with Crippen molar-refractivity contribution in [3.05, 3.63) is 94.2 Å². The lowest BCUT2D eigenvalue weighted by Crippen LogP contribution is -2.33. The van der Waals surface area contributed by atoms with E-state index in [9.17, 15) is 23.6 Å². The van der Waals surface area contributed by atoms with Gasteiger partial charge in [-0.15, -0.1) is 0 Å². The molecule has 4 rings (SSSR count). The number of aromatic nitrogens is 1. The van der Waals surface area contributed by atoms with Crippen LogP contribution in [0.4, 0.5) is 14.9 Å². The standard InChI is InChI=1S/C29H28FN3O5/c1-19(34)31-16-25-18-33(29(37)38-25)23-10-13-26(27(30)15-23)22-8-3-20(4-9-22)5-11-24(35)12-6-21-7-14-28(36)32(2)17-21/h3-4,6-10,12-15,17,25H,5,11,16,18H2,1-2H3,(H,31,34)/b12-6+/t25-/m0/s1. The van der Waals surface area contributed by atoms with Crippen LogP contribution in [0.3, 0.4) is 0 Å². The third kappa shape index (κ3) is 6.61. The van der Waals surface area contributed by atoms with Crippen LogP contribution in [0.25, 0.3) is 17.2 Å². The highest BCUT2D eigenvalue weighted by Gasteiger charge is 2.32. The number of ketones is 1. The van der Waals surface area contributed by atoms with Gasteiger partial charge in [-0.25, -0.2) is 9.18 Å². The molecule has 2 amide bonds. The number of pyridine rings is 1. The largest absolute Gasteiger partial charge is 0.442 e. The normalized spacial score (nSPS) is 15.1. The van der Waals surface area contributed by atoms with E-state index in [1.807, 2.05) is 12.1 Å². The van der Waals surface area contributed by atoms with E-state index < -0.39 is 18.0 Å². The van der Waals surface area contributed by atoms with Crippen molar-refractivity contribution in [2.45, 2.75) is 25.9 Å². The molecule has 196 valence electrons. The van der Waals surface area contributed by atoms with E-state index in [1.54, 1.807) is 49.7 Å². The van der Waals surface area contributed by atoms with Gasteiger partial charge in [0.05, 0.1) is 18.8 Å². The number of halogens is 1. The summed E-state index contributed by atoms with van der Waals surface area (Å²) in [5.74, 6) is -0.737. The molecule has 0 aliphatic carbocycles. The first-order valence-electron chi connectivity index (χ1n) is 12.2. The molecule has 1 atom stereocenters. The van der Waals surface area contributed by atoms with Crippen LogP contribution in [0, 0.1) is 5.82 Å². The molecule has 1 aliphatic rings. The van der Waals surface area contributed by atoms with E-state index in [-0.39, 0.29) is 30.3 Å². The predicted molar refractivity (Wildman–Crippen MR) is 142 cm³/mol. The zero-order valence-electron chi connectivity index (χ0n) is 21.1. The van der Waals surface area contributed by atoms with Gasteiger partial charge < -0.3 is 14.6 Å². The van der Waals surface area contributed by atoms with Crippen molar-refractivity contribution in [1.82, 2.24) is 9.88 Å². The smallest absolute Gasteiger partial charge is 0.414 e. The van der Waals surface area contributed by atoms with E-state index in [2.05, 4.69) is 5.32 Å². The Bertz CT molecular complexity index is 1450. The third-order valence-electron chi connectivity index (χ3n) is 6.21. The van der Waals surface area contributed by atoms with Gasteiger partial charge in [-0.1, -0.05) is 24.3 Å². The first kappa shape index (κ1) is 26.5. The van der Waals surface area contributed by atoms with Crippen LogP contribution >= 0.6 is 0 Å². The Balaban J connectivity index is 1.34. The molecule has 0 saturated carbocycles. The van der Waals surface area contributed by atoms with Gasteiger partial charge >= 0.3 is 6.09 Å². The molecule has 0 radical (unpaired) electrons. The van der Waals surface area contributed by atoms with Crippen LogP contribution < -0.4 is 15.8 Å². The zero-order chi connectivity index (χ0) is 27.2. The zero-order valence-corrected chi connectivity index (χ0v) is 21.1. The number of anilines is 1. The second-order valence-electron chi connectivity index (χ2n) is 9.13. The molecule has 9 heteroatoms. The SMILES string of the molecule is CC(=O)NC[C@H]1CN(c2ccc(-c3ccc(CCC(=O)/C=C/c4ccc(=O)n(C)c4)cc3)c(F)c2)C(=O)O1. The third-order valence-corrected chi connectivity index (χ3v) is 6.21. The summed E-state index contributed by atoms with van der Waals surface area (Å²) in [6.07, 6.45) is 4.62. The number of allylic oxidation sites excluding steroid dienone is 1. The number of nitrogens with zero attached hydrogens (tertiary/aromatic N) is 2. The molecule has 8 nitrogen and oxygen atoms in total. The fourth-order valence-electron chi connectivity index (χ4n) is 4.11. The number of hydrogen-bond acceptors (Lipinski definition) is 5. The van der Waals surface area contributed by atoms with Gasteiger partial charge in [0.2, 0.25) is 11.5 Å². The van der Waals surface area contributed by atoms with Crippen LogP contribution in [0.2, 0.25) is 0 Å². The molecule has 1 aromatic heterocycles. The molecule has 0 unspecified atom stereocenters. The molecule has 1 saturated heterocycles. The summed E-state index contributed by atoms with van der Waals surface area (Å²) in [6, 6.07) is 15.0. The number of carbonyl (C=O) groups is 3. The molecular weight excluding hydrogens is 489 g/mol. The number of benzene rings is 2. The van der Waals surface area contributed by atoms with Crippen molar-refractivity contribution in [3.63, 3.8) is 0 Å². The van der Waals surface area contributed by atoms with E-state index >= 15 is 0 Å². The van der Waals surface area contributed by atoms with Gasteiger partial charge in [0.25, 0.3) is 0 Å². The van der Waals surface area contributed by atoms with Crippen molar-refractivity contribution in [2.75, 3.05) is 18.0 Å². The lowest BCUT2D eigenvalue weighted by Gasteiger charge is -2.14. The monoisotopic (exact) mass is 517 g/mol. The van der Waals surface area contributed by atoms with Crippen LogP contribution in [-0.2, 0) is 27.8 Å². The number of ether oxygens (including phenoxy) is 1. The number of nitrogens with one attached hydrogen (secondary N) is 1. The minimum Gasteiger partial charge on any atom is -0.442 e. The van der Waals surface area contributed by atoms with Crippen LogP contribution in [0.15, 0.2) is 71.7 Å². The highest BCUT2D eigenvalue weighted by Crippen LogP contribution is 2.29. The summed E-state index contributed by atoms with van der Waals surface area (Å²) in [5, 5.41) is 2.61. The molecule has 0 bridgehead atoms. The fraction of sp³-hybridized carbons (Fsp3) is 0.241. The van der Waals surface area contributed by atoms with E-state index in [0.29, 0.717) is 29.7 Å². The molecule has 1 N–H and O–H groups in total. The van der Waals surface area contributed by atoms with Gasteiger partial charge in [-0.3, -0.25) is 19.3 Å². The molecule has 1 aliphatic heterocycles. The quantitative estimate of drug-likeness (QED) is 0.435. The summed E-state index contributed by atoms with van der Waals surface area (Å²) in [6.45, 7) is 1.79. The molecule has 1 fully saturated rings. The van der Waals surface area contributed by atoms with Gasteiger partial charge in [0, 0.05) is 38.2 Å². The van der Waals surface area contributed by atoms with Gasteiger partial charge in [-0.2, -0.15) is 0 Å². The maximum Gasteiger partial charge on any atom is 0.414 e. The summed E-state index contributed by atoms with van der Waals surface area (Å²) >= 11 is 0.